The van der Waals surface area contributed by atoms with Crippen LogP contribution in [0, 0.1) is 17.0 Å². The van der Waals surface area contributed by atoms with Crippen molar-refractivity contribution in [2.45, 2.75) is 13.3 Å². The highest BCUT2D eigenvalue weighted by Gasteiger charge is 2.33. The first-order valence-corrected chi connectivity index (χ1v) is 9.12. The fourth-order valence-electron chi connectivity index (χ4n) is 2.96. The molecule has 1 aromatic rings. The van der Waals surface area contributed by atoms with Crippen LogP contribution in [-0.4, -0.2) is 43.2 Å². The molecule has 0 atom stereocenters. The number of carbonyl (C=O) groups is 1. The summed E-state index contributed by atoms with van der Waals surface area (Å²) in [7, 11) is 0. The molecular formula is C20H19F2N5O2. The van der Waals surface area contributed by atoms with Crippen LogP contribution >= 0.6 is 0 Å². The first-order chi connectivity index (χ1) is 13.9. The van der Waals surface area contributed by atoms with Crippen molar-refractivity contribution in [1.82, 2.24) is 10.7 Å². The van der Waals surface area contributed by atoms with E-state index >= 15 is 0 Å². The van der Waals surface area contributed by atoms with E-state index in [9.17, 15) is 13.6 Å². The summed E-state index contributed by atoms with van der Waals surface area (Å²) in [4.78, 5) is 21.4. The molecular weight excluding hydrogens is 380 g/mol. The van der Waals surface area contributed by atoms with Gasteiger partial charge in [-0.15, -0.1) is 0 Å². The van der Waals surface area contributed by atoms with Gasteiger partial charge in [0.15, 0.2) is 17.5 Å². The molecule has 0 unspecified atom stereocenters. The number of fused-ring (bicyclic) bond motifs is 1. The lowest BCUT2D eigenvalue weighted by Crippen LogP contribution is -2.43. The minimum absolute atomic E-state index is 0.0360. The fourth-order valence-corrected chi connectivity index (χ4v) is 2.96. The van der Waals surface area contributed by atoms with Crippen LogP contribution in [0.5, 0.6) is 0 Å². The molecule has 7 nitrogen and oxygen atoms in total. The number of benzene rings is 1. The molecule has 1 fully saturated rings. The van der Waals surface area contributed by atoms with Gasteiger partial charge in [0.2, 0.25) is 5.96 Å². The molecule has 1 aromatic carbocycles. The molecule has 29 heavy (non-hydrogen) atoms. The molecule has 0 radical (unpaired) electrons. The maximum Gasteiger partial charge on any atom is 0.258 e. The molecule has 0 aromatic heterocycles. The summed E-state index contributed by atoms with van der Waals surface area (Å²) < 4.78 is 31.9. The van der Waals surface area contributed by atoms with Gasteiger partial charge < -0.3 is 4.74 Å². The third-order valence-electron chi connectivity index (χ3n) is 4.68. The number of nitrogens with one attached hydrogen (secondary N) is 2. The van der Waals surface area contributed by atoms with Gasteiger partial charge in [-0.05, 0) is 30.7 Å². The molecule has 4 rings (SSSR count). The summed E-state index contributed by atoms with van der Waals surface area (Å²) in [6.07, 6.45) is 6.57. The first kappa shape index (κ1) is 19.1. The van der Waals surface area contributed by atoms with E-state index in [0.29, 0.717) is 25.6 Å². The van der Waals surface area contributed by atoms with Crippen LogP contribution in [0.4, 0.5) is 8.78 Å². The lowest BCUT2D eigenvalue weighted by Gasteiger charge is -2.36. The lowest BCUT2D eigenvalue weighted by atomic mass is 9.89. The Kier molecular flexibility index (Phi) is 5.06. The number of aliphatic imine (C=N–C) groups is 2. The van der Waals surface area contributed by atoms with Gasteiger partial charge in [-0.3, -0.25) is 20.5 Å². The maximum atomic E-state index is 13.5. The molecule has 0 spiro atoms. The van der Waals surface area contributed by atoms with Gasteiger partial charge in [0.25, 0.3) is 5.91 Å². The zero-order valence-corrected chi connectivity index (χ0v) is 15.7. The number of hydrogen-bond acceptors (Lipinski definition) is 4. The number of halogens is 2. The summed E-state index contributed by atoms with van der Waals surface area (Å²) in [6, 6.07) is 2.93. The largest absolute Gasteiger partial charge is 0.380 e. The summed E-state index contributed by atoms with van der Waals surface area (Å²) in [5.41, 5.74) is 4.24. The van der Waals surface area contributed by atoms with Gasteiger partial charge in [-0.25, -0.2) is 8.78 Å². The Morgan fingerprint density at radius 3 is 2.90 bits per heavy atom. The maximum absolute atomic E-state index is 13.5. The van der Waals surface area contributed by atoms with Crippen LogP contribution in [0.1, 0.15) is 23.7 Å². The van der Waals surface area contributed by atoms with E-state index in [1.54, 1.807) is 0 Å². The number of amides is 1. The zero-order valence-electron chi connectivity index (χ0n) is 15.7. The molecule has 1 saturated heterocycles. The van der Waals surface area contributed by atoms with Crippen molar-refractivity contribution in [2.24, 2.45) is 20.5 Å². The number of ether oxygens (including phenoxy) is 1. The Hall–Kier alpha value is -3.20. The van der Waals surface area contributed by atoms with E-state index < -0.39 is 17.5 Å². The molecule has 1 amide bonds. The molecule has 2 heterocycles. The van der Waals surface area contributed by atoms with Crippen LogP contribution in [0.15, 0.2) is 57.1 Å². The monoisotopic (exact) mass is 399 g/mol. The van der Waals surface area contributed by atoms with Crippen molar-refractivity contribution in [2.75, 3.05) is 19.8 Å². The number of carbonyl (C=O) groups excluding carboxylic acids is 1. The van der Waals surface area contributed by atoms with Crippen molar-refractivity contribution in [1.29, 1.82) is 0 Å². The molecule has 0 bridgehead atoms. The number of nitrogens with zero attached hydrogens (tertiary/aromatic N) is 3. The van der Waals surface area contributed by atoms with Crippen molar-refractivity contribution in [3.05, 3.63) is 59.2 Å². The van der Waals surface area contributed by atoms with Crippen molar-refractivity contribution in [3.63, 3.8) is 0 Å². The average molecular weight is 399 g/mol. The molecule has 9 heteroatoms. The molecule has 2 N–H and O–H groups in total. The van der Waals surface area contributed by atoms with Crippen LogP contribution in [0.25, 0.3) is 0 Å². The zero-order chi connectivity index (χ0) is 20.4. The molecule has 1 aliphatic carbocycles. The van der Waals surface area contributed by atoms with Crippen molar-refractivity contribution >= 4 is 23.4 Å². The highest BCUT2D eigenvalue weighted by atomic mass is 19.2. The quantitative estimate of drug-likeness (QED) is 0.604. The number of allylic oxidation sites excluding steroid dienone is 3. The second-order valence-corrected chi connectivity index (χ2v) is 7.35. The Labute approximate surface area is 166 Å². The number of amidine groups is 1. The predicted octanol–water partition coefficient (Wildman–Crippen LogP) is 2.33. The van der Waals surface area contributed by atoms with E-state index in [-0.39, 0.29) is 16.9 Å². The Morgan fingerprint density at radius 1 is 1.34 bits per heavy atom. The number of hydrogen-bond donors (Lipinski definition) is 2. The third-order valence-corrected chi connectivity index (χ3v) is 4.68. The third kappa shape index (κ3) is 4.14. The standard InChI is InChI=1S/C20H19F2N5O2/c1-20(10-29-11-20)9-23-19(24-17-13-4-2-3-5-16(13)26-27-17)25-18(28)12-6-7-14(21)15(22)8-12/h3-8H,2,9-11H2,1H3,(H2,23,24,25,27,28). The normalized spacial score (nSPS) is 21.1. The lowest BCUT2D eigenvalue weighted by molar-refractivity contribution is -0.0945. The summed E-state index contributed by atoms with van der Waals surface area (Å²) in [5, 5.41) is 6.77. The number of hydrazone groups is 1. The SMILES string of the molecule is CC1(CN=C(N=C2NN=C3C=CCC=C32)NC(=O)c2ccc(F)c(F)c2)COC1. The van der Waals surface area contributed by atoms with Gasteiger partial charge in [-0.2, -0.15) is 10.1 Å². The minimum Gasteiger partial charge on any atom is -0.380 e. The van der Waals surface area contributed by atoms with Gasteiger partial charge >= 0.3 is 0 Å². The smallest absolute Gasteiger partial charge is 0.258 e. The number of rotatable bonds is 3. The fraction of sp³-hybridized carbons (Fsp3) is 0.300. The Bertz CT molecular complexity index is 1010. The van der Waals surface area contributed by atoms with Crippen LogP contribution in [0.2, 0.25) is 0 Å². The van der Waals surface area contributed by atoms with E-state index in [2.05, 4.69) is 25.8 Å². The predicted molar refractivity (Wildman–Crippen MR) is 105 cm³/mol. The number of guanidine groups is 1. The Balaban J connectivity index is 1.58. The molecule has 2 aliphatic heterocycles. The van der Waals surface area contributed by atoms with Crippen molar-refractivity contribution < 1.29 is 18.3 Å². The van der Waals surface area contributed by atoms with Gasteiger partial charge in [0, 0.05) is 16.6 Å². The molecule has 0 saturated carbocycles. The van der Waals surface area contributed by atoms with E-state index in [0.717, 1.165) is 29.8 Å². The highest BCUT2D eigenvalue weighted by Crippen LogP contribution is 2.26. The van der Waals surface area contributed by atoms with E-state index in [1.807, 2.05) is 25.2 Å². The van der Waals surface area contributed by atoms with E-state index in [1.165, 1.54) is 6.07 Å². The van der Waals surface area contributed by atoms with Gasteiger partial charge in [-0.1, -0.05) is 19.1 Å². The van der Waals surface area contributed by atoms with Crippen molar-refractivity contribution in [3.8, 4) is 0 Å². The minimum atomic E-state index is -1.10. The molecule has 3 aliphatic rings. The summed E-state index contributed by atoms with van der Waals surface area (Å²) in [6.45, 7) is 3.55. The summed E-state index contributed by atoms with van der Waals surface area (Å²) in [5.74, 6) is -2.24. The topological polar surface area (TPSA) is 87.4 Å². The van der Waals surface area contributed by atoms with Crippen LogP contribution in [0.3, 0.4) is 0 Å². The van der Waals surface area contributed by atoms with Gasteiger partial charge in [0.1, 0.15) is 0 Å². The second kappa shape index (κ2) is 7.67. The summed E-state index contributed by atoms with van der Waals surface area (Å²) >= 11 is 0. The Morgan fingerprint density at radius 2 is 2.17 bits per heavy atom. The van der Waals surface area contributed by atoms with E-state index in [4.69, 9.17) is 4.74 Å². The second-order valence-electron chi connectivity index (χ2n) is 7.35. The first-order valence-electron chi connectivity index (χ1n) is 9.12. The van der Waals surface area contributed by atoms with Gasteiger partial charge in [0.05, 0.1) is 25.5 Å². The highest BCUT2D eigenvalue weighted by molar-refractivity contribution is 6.32. The van der Waals surface area contributed by atoms with Crippen LogP contribution in [-0.2, 0) is 4.74 Å². The average Bonchev–Trinajstić information content (AvgIpc) is 3.09. The van der Waals surface area contributed by atoms with Crippen LogP contribution < -0.4 is 10.7 Å². The molecule has 150 valence electrons.